The van der Waals surface area contributed by atoms with Gasteiger partial charge >= 0.3 is 35.9 Å². The number of esters is 3. The van der Waals surface area contributed by atoms with Gasteiger partial charge in [-0.2, -0.15) is 0 Å². The normalized spacial score (nSPS) is 12.9. The van der Waals surface area contributed by atoms with E-state index in [0.29, 0.717) is 24.9 Å². The van der Waals surface area contributed by atoms with Crippen LogP contribution in [-0.2, 0) is 46.4 Å². The summed E-state index contributed by atoms with van der Waals surface area (Å²) in [6, 6.07) is 3.41. The van der Waals surface area contributed by atoms with Crippen molar-refractivity contribution in [1.82, 2.24) is 21.3 Å². The maximum Gasteiger partial charge on any atom is 0.329 e. The topological polar surface area (TPSA) is 198 Å². The number of aliphatic carboxylic acids is 1. The lowest BCUT2D eigenvalue weighted by Crippen LogP contribution is -2.53. The van der Waals surface area contributed by atoms with Crippen LogP contribution in [0, 0.1) is 0 Å². The molecule has 0 spiro atoms. The fourth-order valence-corrected chi connectivity index (χ4v) is 4.13. The van der Waals surface area contributed by atoms with Crippen LogP contribution in [0.15, 0.2) is 24.3 Å². The molecule has 5 N–H and O–H groups in total. The molecule has 1 aromatic rings. The van der Waals surface area contributed by atoms with E-state index < -0.39 is 64.8 Å². The number of ether oxygens (including phenoxy) is 3. The molecule has 14 nitrogen and oxygen atoms in total. The van der Waals surface area contributed by atoms with Gasteiger partial charge in [0, 0.05) is 19.5 Å². The predicted octanol–water partition coefficient (Wildman–Crippen LogP) is 4.12. The molecule has 0 aliphatic carbocycles. The molecule has 270 valence electrons. The van der Waals surface area contributed by atoms with Crippen LogP contribution in [0.1, 0.15) is 106 Å². The number of urea groups is 2. The molecule has 0 fully saturated rings. The second kappa shape index (κ2) is 18.8. The predicted molar refractivity (Wildman–Crippen MR) is 178 cm³/mol. The molecule has 0 aliphatic rings. The van der Waals surface area contributed by atoms with E-state index in [1.54, 1.807) is 86.6 Å². The summed E-state index contributed by atoms with van der Waals surface area (Å²) in [7, 11) is 0. The molecule has 0 saturated carbocycles. The standard InChI is InChI=1S/C34H54N4O10/c1-32(2,3)46-27(41)18-17-25(29(43)48-34(7,8)9)38-31(45)37-24(28(42)47-33(4,5)6)12-10-11-19-35-30(44)36-21-23-15-13-22(14-16-23)20-26(39)40/h13-16,24-25H,10-12,17-21H2,1-9H3,(H,39,40)(H2,35,36,44)(H2,37,38,45)/t24-,25?/m0/s1. The third-order valence-electron chi connectivity index (χ3n) is 6.09. The first-order valence-corrected chi connectivity index (χ1v) is 16.1. The summed E-state index contributed by atoms with van der Waals surface area (Å²) in [5.74, 6) is -2.87. The van der Waals surface area contributed by atoms with E-state index in [-0.39, 0.29) is 32.2 Å². The second-order valence-electron chi connectivity index (χ2n) is 14.4. The average Bonchev–Trinajstić information content (AvgIpc) is 2.90. The number of nitrogens with one attached hydrogen (secondary N) is 4. The van der Waals surface area contributed by atoms with Gasteiger partial charge in [-0.25, -0.2) is 19.2 Å². The molecule has 0 aliphatic heterocycles. The minimum atomic E-state index is -1.19. The lowest BCUT2D eigenvalue weighted by atomic mass is 10.1. The molecule has 0 heterocycles. The molecule has 4 amide bonds. The van der Waals surface area contributed by atoms with Crippen molar-refractivity contribution in [1.29, 1.82) is 0 Å². The van der Waals surface area contributed by atoms with Crippen LogP contribution in [0.25, 0.3) is 0 Å². The van der Waals surface area contributed by atoms with Crippen molar-refractivity contribution < 1.29 is 48.1 Å². The molecule has 1 rings (SSSR count). The average molecular weight is 679 g/mol. The maximum absolute atomic E-state index is 13.1. The second-order valence-corrected chi connectivity index (χ2v) is 14.4. The Balaban J connectivity index is 2.75. The molecule has 0 aromatic heterocycles. The Bertz CT molecular complexity index is 1240. The fourth-order valence-electron chi connectivity index (χ4n) is 4.13. The number of carboxylic acids is 1. The van der Waals surface area contributed by atoms with Gasteiger partial charge in [-0.05, 0) is 99.1 Å². The summed E-state index contributed by atoms with van der Waals surface area (Å²) in [6.07, 6.45) is 0.781. The highest BCUT2D eigenvalue weighted by atomic mass is 16.6. The number of amides is 4. The van der Waals surface area contributed by atoms with Gasteiger partial charge in [0.05, 0.1) is 6.42 Å². The zero-order chi connectivity index (χ0) is 36.7. The van der Waals surface area contributed by atoms with E-state index in [2.05, 4.69) is 21.3 Å². The fraction of sp³-hybridized carbons (Fsp3) is 0.647. The van der Waals surface area contributed by atoms with Crippen LogP contribution < -0.4 is 21.3 Å². The lowest BCUT2D eigenvalue weighted by molar-refractivity contribution is -0.159. The Morgan fingerprint density at radius 3 is 1.60 bits per heavy atom. The highest BCUT2D eigenvalue weighted by Crippen LogP contribution is 2.15. The summed E-state index contributed by atoms with van der Waals surface area (Å²) in [5, 5.41) is 19.4. The van der Waals surface area contributed by atoms with Crippen molar-refractivity contribution in [2.24, 2.45) is 0 Å². The molecule has 0 radical (unpaired) electrons. The molecule has 0 saturated heterocycles. The molecule has 2 atom stereocenters. The Morgan fingerprint density at radius 2 is 1.12 bits per heavy atom. The number of carbonyl (C=O) groups excluding carboxylic acids is 5. The molecule has 1 unspecified atom stereocenters. The van der Waals surface area contributed by atoms with E-state index in [9.17, 15) is 28.8 Å². The van der Waals surface area contributed by atoms with Gasteiger partial charge in [-0.3, -0.25) is 9.59 Å². The number of rotatable bonds is 16. The van der Waals surface area contributed by atoms with Crippen molar-refractivity contribution in [3.63, 3.8) is 0 Å². The Labute approximate surface area is 283 Å². The molecular weight excluding hydrogens is 624 g/mol. The number of unbranched alkanes of at least 4 members (excludes halogenated alkanes) is 1. The van der Waals surface area contributed by atoms with Crippen LogP contribution in [0.5, 0.6) is 0 Å². The minimum absolute atomic E-state index is 0.0778. The van der Waals surface area contributed by atoms with E-state index in [0.717, 1.165) is 5.56 Å². The first kappa shape index (κ1) is 41.7. The van der Waals surface area contributed by atoms with Crippen LogP contribution in [0.2, 0.25) is 0 Å². The van der Waals surface area contributed by atoms with Gasteiger partial charge in [-0.15, -0.1) is 0 Å². The summed E-state index contributed by atoms with van der Waals surface area (Å²) in [6.45, 7) is 15.8. The molecule has 48 heavy (non-hydrogen) atoms. The van der Waals surface area contributed by atoms with Gasteiger partial charge in [-0.1, -0.05) is 24.3 Å². The highest BCUT2D eigenvalue weighted by Gasteiger charge is 2.31. The Morgan fingerprint density at radius 1 is 0.646 bits per heavy atom. The third-order valence-corrected chi connectivity index (χ3v) is 6.09. The Kier molecular flexibility index (Phi) is 16.4. The van der Waals surface area contributed by atoms with E-state index in [1.165, 1.54) is 0 Å². The van der Waals surface area contributed by atoms with Crippen molar-refractivity contribution in [3.8, 4) is 0 Å². The number of carbonyl (C=O) groups is 6. The van der Waals surface area contributed by atoms with Crippen LogP contribution in [0.4, 0.5) is 9.59 Å². The van der Waals surface area contributed by atoms with Crippen molar-refractivity contribution in [2.45, 2.75) is 136 Å². The van der Waals surface area contributed by atoms with Crippen molar-refractivity contribution in [2.75, 3.05) is 6.54 Å². The maximum atomic E-state index is 13.1. The van der Waals surface area contributed by atoms with E-state index >= 15 is 0 Å². The number of hydrogen-bond acceptors (Lipinski definition) is 9. The number of benzene rings is 1. The third kappa shape index (κ3) is 20.0. The highest BCUT2D eigenvalue weighted by molar-refractivity contribution is 5.87. The molecule has 14 heteroatoms. The van der Waals surface area contributed by atoms with Crippen molar-refractivity contribution in [3.05, 3.63) is 35.4 Å². The zero-order valence-corrected chi connectivity index (χ0v) is 29.7. The van der Waals surface area contributed by atoms with E-state index in [1.807, 2.05) is 0 Å². The molecule has 0 bridgehead atoms. The SMILES string of the molecule is CC(C)(C)OC(=O)CCC(NC(=O)N[C@@H](CCCCNC(=O)NCc1ccc(CC(=O)O)cc1)C(=O)OC(C)(C)C)C(=O)OC(C)(C)C. The quantitative estimate of drug-likeness (QED) is 0.0963. The van der Waals surface area contributed by atoms with E-state index in [4.69, 9.17) is 19.3 Å². The smallest absolute Gasteiger partial charge is 0.329 e. The first-order chi connectivity index (χ1) is 22.0. The lowest BCUT2D eigenvalue weighted by Gasteiger charge is -2.27. The largest absolute Gasteiger partial charge is 0.481 e. The summed E-state index contributed by atoms with van der Waals surface area (Å²) in [5.41, 5.74) is -0.924. The monoisotopic (exact) mass is 678 g/mol. The van der Waals surface area contributed by atoms with Crippen LogP contribution >= 0.6 is 0 Å². The Hall–Kier alpha value is -4.36. The zero-order valence-electron chi connectivity index (χ0n) is 29.7. The first-order valence-electron chi connectivity index (χ1n) is 16.1. The summed E-state index contributed by atoms with van der Waals surface area (Å²) < 4.78 is 16.3. The van der Waals surface area contributed by atoms with Gasteiger partial charge in [0.25, 0.3) is 0 Å². The van der Waals surface area contributed by atoms with Gasteiger partial charge < -0.3 is 40.6 Å². The minimum Gasteiger partial charge on any atom is -0.481 e. The number of carboxylic acid groups (broad SMARTS) is 1. The van der Waals surface area contributed by atoms with Crippen LogP contribution in [0.3, 0.4) is 0 Å². The van der Waals surface area contributed by atoms with Gasteiger partial charge in [0.15, 0.2) is 0 Å². The van der Waals surface area contributed by atoms with Gasteiger partial charge in [0.1, 0.15) is 28.9 Å². The van der Waals surface area contributed by atoms with Crippen LogP contribution in [-0.4, -0.2) is 76.5 Å². The number of hydrogen-bond donors (Lipinski definition) is 5. The molecule has 1 aromatic carbocycles. The molecular formula is C34H54N4O10. The summed E-state index contributed by atoms with van der Waals surface area (Å²) >= 11 is 0. The summed E-state index contributed by atoms with van der Waals surface area (Å²) in [4.78, 5) is 74.3. The van der Waals surface area contributed by atoms with Gasteiger partial charge in [0.2, 0.25) is 0 Å². The van der Waals surface area contributed by atoms with Crippen molar-refractivity contribution >= 4 is 35.9 Å².